The third-order valence-corrected chi connectivity index (χ3v) is 10.7. The zero-order valence-electron chi connectivity index (χ0n) is 29.3. The Labute approximate surface area is 311 Å². The van der Waals surface area contributed by atoms with Crippen molar-refractivity contribution in [1.29, 1.82) is 0 Å². The number of benzene rings is 8. The monoisotopic (exact) mass is 688 g/mol. The van der Waals surface area contributed by atoms with Crippen LogP contribution in [0.1, 0.15) is 0 Å². The van der Waals surface area contributed by atoms with Crippen molar-refractivity contribution in [2.75, 3.05) is 0 Å². The van der Waals surface area contributed by atoms with Gasteiger partial charge in [0.25, 0.3) is 0 Å². The molecule has 11 aromatic rings. The molecule has 0 aliphatic heterocycles. The highest BCUT2D eigenvalue weighted by molar-refractivity contribution is 6.29. The van der Waals surface area contributed by atoms with E-state index in [9.17, 15) is 0 Å². The molecule has 0 aliphatic rings. The first-order valence-corrected chi connectivity index (χ1v) is 18.3. The third-order valence-electron chi connectivity index (χ3n) is 10.7. The summed E-state index contributed by atoms with van der Waals surface area (Å²) in [5.74, 6) is 0.709. The molecule has 4 heteroatoms. The lowest BCUT2D eigenvalue weighted by Crippen LogP contribution is -1.99. The number of rotatable bonds is 5. The zero-order valence-corrected chi connectivity index (χ0v) is 29.3. The van der Waals surface area contributed by atoms with Crippen LogP contribution in [0, 0.1) is 0 Å². The molecule has 0 unspecified atom stereocenters. The van der Waals surface area contributed by atoms with Crippen LogP contribution in [-0.4, -0.2) is 19.1 Å². The molecule has 0 bridgehead atoms. The minimum absolute atomic E-state index is 0.709. The number of aromatic nitrogens is 4. The van der Waals surface area contributed by atoms with Crippen LogP contribution >= 0.6 is 0 Å². The summed E-state index contributed by atoms with van der Waals surface area (Å²) in [6, 6.07) is 68.9. The molecule has 0 saturated carbocycles. The largest absolute Gasteiger partial charge is 0.309 e. The highest BCUT2D eigenvalue weighted by Gasteiger charge is 2.22. The molecule has 11 rings (SSSR count). The number of hydrogen-bond acceptors (Lipinski definition) is 2. The number of para-hydroxylation sites is 3. The highest BCUT2D eigenvalue weighted by Crippen LogP contribution is 2.44. The topological polar surface area (TPSA) is 35.6 Å². The van der Waals surface area contributed by atoms with Crippen LogP contribution in [0.25, 0.3) is 99.7 Å². The summed E-state index contributed by atoms with van der Waals surface area (Å²) in [6.45, 7) is 0. The maximum atomic E-state index is 5.21. The van der Waals surface area contributed by atoms with Gasteiger partial charge in [0.15, 0.2) is 5.82 Å². The summed E-state index contributed by atoms with van der Waals surface area (Å²) in [5.41, 5.74) is 11.9. The number of fused-ring (bicyclic) bond motifs is 8. The van der Waals surface area contributed by atoms with E-state index in [-0.39, 0.29) is 0 Å². The van der Waals surface area contributed by atoms with Crippen LogP contribution in [0.4, 0.5) is 0 Å². The lowest BCUT2D eigenvalue weighted by molar-refractivity contribution is 1.17. The molecule has 4 nitrogen and oxygen atoms in total. The fraction of sp³-hybridized carbons (Fsp3) is 0. The molecule has 0 saturated heterocycles. The van der Waals surface area contributed by atoms with Crippen molar-refractivity contribution in [3.8, 4) is 45.3 Å². The molecule has 0 amide bonds. The Morgan fingerprint density at radius 3 is 1.50 bits per heavy atom. The summed E-state index contributed by atoms with van der Waals surface area (Å²) < 4.78 is 4.85. The standard InChI is InChI=1S/C50H32N4/c1-4-16-33(17-5-1)41-32-42(52-50(51-41)34-18-6-2-7-19-34)37-28-29-45(38-23-11-10-22-36(37)38)54-44-27-15-13-25-40(44)49-47(54)31-30-46-48(49)39-24-12-14-26-43(39)53(46)35-20-8-3-9-21-35/h1-32H. The lowest BCUT2D eigenvalue weighted by atomic mass is 9.98. The van der Waals surface area contributed by atoms with Crippen molar-refractivity contribution >= 4 is 54.4 Å². The molecule has 3 heterocycles. The molecule has 0 atom stereocenters. The smallest absolute Gasteiger partial charge is 0.160 e. The van der Waals surface area contributed by atoms with E-state index in [1.165, 1.54) is 43.6 Å². The molecule has 8 aromatic carbocycles. The molecule has 54 heavy (non-hydrogen) atoms. The van der Waals surface area contributed by atoms with E-state index in [2.05, 4.69) is 179 Å². The van der Waals surface area contributed by atoms with E-state index >= 15 is 0 Å². The van der Waals surface area contributed by atoms with Gasteiger partial charge in [-0.3, -0.25) is 0 Å². The van der Waals surface area contributed by atoms with Crippen molar-refractivity contribution in [2.45, 2.75) is 0 Å². The first-order chi connectivity index (χ1) is 26.8. The summed E-state index contributed by atoms with van der Waals surface area (Å²) in [5, 5.41) is 7.31. The maximum absolute atomic E-state index is 5.21. The van der Waals surface area contributed by atoms with Crippen LogP contribution in [0.5, 0.6) is 0 Å². The second-order valence-electron chi connectivity index (χ2n) is 13.8. The molecule has 0 N–H and O–H groups in total. The van der Waals surface area contributed by atoms with Crippen LogP contribution in [0.2, 0.25) is 0 Å². The number of nitrogens with zero attached hydrogens (tertiary/aromatic N) is 4. The summed E-state index contributed by atoms with van der Waals surface area (Å²) in [6.07, 6.45) is 0. The van der Waals surface area contributed by atoms with Crippen molar-refractivity contribution < 1.29 is 0 Å². The van der Waals surface area contributed by atoms with E-state index in [0.717, 1.165) is 50.2 Å². The predicted octanol–water partition coefficient (Wildman–Crippen LogP) is 12.8. The van der Waals surface area contributed by atoms with Crippen molar-refractivity contribution in [3.05, 3.63) is 194 Å². The summed E-state index contributed by atoms with van der Waals surface area (Å²) in [7, 11) is 0. The van der Waals surface area contributed by atoms with Crippen LogP contribution < -0.4 is 0 Å². The summed E-state index contributed by atoms with van der Waals surface area (Å²) >= 11 is 0. The fourth-order valence-electron chi connectivity index (χ4n) is 8.39. The molecule has 252 valence electrons. The van der Waals surface area contributed by atoms with E-state index < -0.39 is 0 Å². The first kappa shape index (κ1) is 30.3. The Hall–Kier alpha value is -7.30. The van der Waals surface area contributed by atoms with Crippen LogP contribution in [0.15, 0.2) is 194 Å². The molecule has 0 spiro atoms. The Morgan fingerprint density at radius 2 is 0.833 bits per heavy atom. The molecular weight excluding hydrogens is 657 g/mol. The second-order valence-corrected chi connectivity index (χ2v) is 13.8. The van der Waals surface area contributed by atoms with Gasteiger partial charge in [-0.15, -0.1) is 0 Å². The van der Waals surface area contributed by atoms with Gasteiger partial charge in [0.1, 0.15) is 0 Å². The van der Waals surface area contributed by atoms with Crippen molar-refractivity contribution in [1.82, 2.24) is 19.1 Å². The average Bonchev–Trinajstić information content (AvgIpc) is 3.77. The quantitative estimate of drug-likeness (QED) is 0.180. The predicted molar refractivity (Wildman–Crippen MR) is 225 cm³/mol. The van der Waals surface area contributed by atoms with Crippen LogP contribution in [-0.2, 0) is 0 Å². The second kappa shape index (κ2) is 12.1. The van der Waals surface area contributed by atoms with Gasteiger partial charge in [0, 0.05) is 49.3 Å². The van der Waals surface area contributed by atoms with Crippen LogP contribution in [0.3, 0.4) is 0 Å². The van der Waals surface area contributed by atoms with E-state index in [1.54, 1.807) is 0 Å². The minimum atomic E-state index is 0.709. The number of hydrogen-bond donors (Lipinski definition) is 0. The SMILES string of the molecule is c1ccc(-c2cc(-c3ccc(-n4c5ccccc5c5c6c7ccccc7n(-c7ccccc7)c6ccc54)c4ccccc34)nc(-c3ccccc3)n2)cc1. The Morgan fingerprint density at radius 1 is 0.333 bits per heavy atom. The summed E-state index contributed by atoms with van der Waals surface area (Å²) in [4.78, 5) is 10.3. The Kier molecular flexibility index (Phi) is 6.82. The minimum Gasteiger partial charge on any atom is -0.309 e. The maximum Gasteiger partial charge on any atom is 0.160 e. The van der Waals surface area contributed by atoms with Crippen molar-refractivity contribution in [2.24, 2.45) is 0 Å². The average molecular weight is 689 g/mol. The molecule has 0 fully saturated rings. The van der Waals surface area contributed by atoms with Gasteiger partial charge in [-0.25, -0.2) is 9.97 Å². The first-order valence-electron chi connectivity index (χ1n) is 18.3. The molecule has 0 aliphatic carbocycles. The van der Waals surface area contributed by atoms with Gasteiger partial charge in [0.05, 0.1) is 39.1 Å². The van der Waals surface area contributed by atoms with Gasteiger partial charge in [-0.2, -0.15) is 0 Å². The van der Waals surface area contributed by atoms with Gasteiger partial charge in [-0.05, 0) is 53.9 Å². The van der Waals surface area contributed by atoms with Gasteiger partial charge < -0.3 is 9.13 Å². The van der Waals surface area contributed by atoms with E-state index in [0.29, 0.717) is 5.82 Å². The fourth-order valence-corrected chi connectivity index (χ4v) is 8.39. The van der Waals surface area contributed by atoms with E-state index in [4.69, 9.17) is 9.97 Å². The Balaban J connectivity index is 1.18. The lowest BCUT2D eigenvalue weighted by Gasteiger charge is -2.16. The molecule has 0 radical (unpaired) electrons. The molecule has 3 aromatic heterocycles. The van der Waals surface area contributed by atoms with Gasteiger partial charge >= 0.3 is 0 Å². The van der Waals surface area contributed by atoms with Gasteiger partial charge in [0.2, 0.25) is 0 Å². The zero-order chi connectivity index (χ0) is 35.6. The normalized spacial score (nSPS) is 11.7. The molecular formula is C50H32N4. The third kappa shape index (κ3) is 4.64. The van der Waals surface area contributed by atoms with E-state index in [1.807, 2.05) is 24.3 Å². The van der Waals surface area contributed by atoms with Crippen molar-refractivity contribution in [3.63, 3.8) is 0 Å². The van der Waals surface area contributed by atoms with Gasteiger partial charge in [-0.1, -0.05) is 146 Å². The highest BCUT2D eigenvalue weighted by atomic mass is 15.0. The Bertz CT molecular complexity index is 3140.